The number of hydrogen-bond acceptors (Lipinski definition) is 6. The first-order valence-electron chi connectivity index (χ1n) is 7.52. The Kier molecular flexibility index (Phi) is 4.71. The molecule has 0 aliphatic heterocycles. The van der Waals surface area contributed by atoms with Gasteiger partial charge in [-0.25, -0.2) is 0 Å². The fraction of sp³-hybridized carbons (Fsp3) is 0.250. The van der Waals surface area contributed by atoms with Crippen LogP contribution < -0.4 is 10.1 Å². The van der Waals surface area contributed by atoms with Gasteiger partial charge in [0.25, 0.3) is 11.8 Å². The molecule has 0 radical (unpaired) electrons. The Morgan fingerprint density at radius 1 is 1.32 bits per heavy atom. The summed E-state index contributed by atoms with van der Waals surface area (Å²) < 4.78 is 12.4. The monoisotopic (exact) mass is 361 g/mol. The average Bonchev–Trinajstić information content (AvgIpc) is 3.23. The van der Waals surface area contributed by atoms with Crippen LogP contribution in [0, 0.1) is 0 Å². The molecule has 3 aromatic rings. The molecule has 25 heavy (non-hydrogen) atoms. The zero-order valence-electron chi connectivity index (χ0n) is 13.9. The van der Waals surface area contributed by atoms with Crippen molar-refractivity contribution >= 4 is 23.5 Å². The Morgan fingerprint density at radius 3 is 2.80 bits per heavy atom. The Balaban J connectivity index is 1.79. The Labute approximate surface area is 148 Å². The van der Waals surface area contributed by atoms with E-state index >= 15 is 0 Å². The van der Waals surface area contributed by atoms with E-state index in [1.54, 1.807) is 22.9 Å². The fourth-order valence-electron chi connectivity index (χ4n) is 2.14. The molecule has 2 heterocycles. The Bertz CT molecular complexity index is 903. The highest BCUT2D eigenvalue weighted by atomic mass is 35.5. The van der Waals surface area contributed by atoms with Gasteiger partial charge in [0.2, 0.25) is 0 Å². The van der Waals surface area contributed by atoms with Crippen molar-refractivity contribution in [3.63, 3.8) is 0 Å². The molecule has 2 aromatic heterocycles. The molecule has 9 heteroatoms. The van der Waals surface area contributed by atoms with Gasteiger partial charge in [0.05, 0.1) is 12.7 Å². The minimum atomic E-state index is -0.470. The number of amides is 1. The molecule has 1 amide bonds. The van der Waals surface area contributed by atoms with E-state index in [-0.39, 0.29) is 23.5 Å². The number of carbonyl (C=O) groups is 1. The first kappa shape index (κ1) is 17.0. The number of ether oxygens (including phenoxy) is 1. The summed E-state index contributed by atoms with van der Waals surface area (Å²) in [5.74, 6) is 0.132. The summed E-state index contributed by atoms with van der Waals surface area (Å²) in [4.78, 5) is 12.4. The number of hydrogen-bond donors (Lipinski definition) is 1. The van der Waals surface area contributed by atoms with Crippen molar-refractivity contribution < 1.29 is 13.9 Å². The van der Waals surface area contributed by atoms with Crippen molar-refractivity contribution in [3.05, 3.63) is 41.0 Å². The van der Waals surface area contributed by atoms with Crippen LogP contribution >= 0.6 is 11.6 Å². The van der Waals surface area contributed by atoms with E-state index in [9.17, 15) is 4.79 Å². The molecule has 0 atom stereocenters. The van der Waals surface area contributed by atoms with Crippen LogP contribution in [0.25, 0.3) is 11.6 Å². The van der Waals surface area contributed by atoms with Crippen molar-refractivity contribution in [2.24, 2.45) is 0 Å². The number of anilines is 1. The first-order valence-corrected chi connectivity index (χ1v) is 7.89. The summed E-state index contributed by atoms with van der Waals surface area (Å²) in [5.41, 5.74) is 0.792. The second kappa shape index (κ2) is 6.94. The van der Waals surface area contributed by atoms with Crippen molar-refractivity contribution in [2.45, 2.75) is 19.9 Å². The molecule has 0 unspecified atom stereocenters. The highest BCUT2D eigenvalue weighted by molar-refractivity contribution is 6.31. The molecule has 0 saturated heterocycles. The van der Waals surface area contributed by atoms with Gasteiger partial charge < -0.3 is 9.15 Å². The van der Waals surface area contributed by atoms with Crippen molar-refractivity contribution in [1.29, 1.82) is 0 Å². The third kappa shape index (κ3) is 3.63. The van der Waals surface area contributed by atoms with Gasteiger partial charge in [0.1, 0.15) is 11.4 Å². The van der Waals surface area contributed by atoms with Crippen LogP contribution in [0.5, 0.6) is 5.75 Å². The summed E-state index contributed by atoms with van der Waals surface area (Å²) in [5, 5.41) is 15.0. The lowest BCUT2D eigenvalue weighted by Gasteiger charge is -2.07. The third-order valence-corrected chi connectivity index (χ3v) is 3.64. The van der Waals surface area contributed by atoms with Crippen LogP contribution in [0.15, 0.2) is 34.9 Å². The molecule has 0 saturated carbocycles. The molecule has 130 valence electrons. The standard InChI is InChI=1S/C16H16ClN5O3/c1-9(2)22-7-6-12(21-22)15-19-20-16(25-15)18-14(23)11-8-10(17)4-5-13(11)24-3/h4-9H,1-3H3,(H,18,20,23). The van der Waals surface area contributed by atoms with E-state index in [2.05, 4.69) is 20.6 Å². The van der Waals surface area contributed by atoms with E-state index in [0.717, 1.165) is 0 Å². The molecular weight excluding hydrogens is 346 g/mol. The normalized spacial score (nSPS) is 10.9. The Morgan fingerprint density at radius 2 is 2.12 bits per heavy atom. The lowest BCUT2D eigenvalue weighted by molar-refractivity contribution is 0.102. The summed E-state index contributed by atoms with van der Waals surface area (Å²) >= 11 is 5.94. The topological polar surface area (TPSA) is 95.1 Å². The maximum Gasteiger partial charge on any atom is 0.322 e. The number of methoxy groups -OCH3 is 1. The summed E-state index contributed by atoms with van der Waals surface area (Å²) in [6.07, 6.45) is 1.82. The van der Waals surface area contributed by atoms with E-state index in [4.69, 9.17) is 20.8 Å². The zero-order chi connectivity index (χ0) is 18.0. The zero-order valence-corrected chi connectivity index (χ0v) is 14.6. The van der Waals surface area contributed by atoms with E-state index in [1.165, 1.54) is 13.2 Å². The minimum absolute atomic E-state index is 0.0406. The van der Waals surface area contributed by atoms with Crippen molar-refractivity contribution in [2.75, 3.05) is 12.4 Å². The smallest absolute Gasteiger partial charge is 0.322 e. The molecule has 0 aliphatic rings. The number of carbonyl (C=O) groups excluding carboxylic acids is 1. The largest absolute Gasteiger partial charge is 0.496 e. The Hall–Kier alpha value is -2.87. The molecular formula is C16H16ClN5O3. The number of aromatic nitrogens is 4. The molecule has 0 spiro atoms. The van der Waals surface area contributed by atoms with Gasteiger partial charge in [-0.2, -0.15) is 5.10 Å². The summed E-state index contributed by atoms with van der Waals surface area (Å²) in [6, 6.07) is 6.67. The molecule has 1 aromatic carbocycles. The van der Waals surface area contributed by atoms with Crippen LogP contribution in [0.2, 0.25) is 5.02 Å². The lowest BCUT2D eigenvalue weighted by atomic mass is 10.2. The quantitative estimate of drug-likeness (QED) is 0.748. The second-order valence-corrected chi connectivity index (χ2v) is 5.92. The van der Waals surface area contributed by atoms with E-state index in [1.807, 2.05) is 20.0 Å². The predicted octanol–water partition coefficient (Wildman–Crippen LogP) is 3.43. The van der Waals surface area contributed by atoms with Crippen LogP contribution in [0.1, 0.15) is 30.2 Å². The predicted molar refractivity (Wildman–Crippen MR) is 91.9 cm³/mol. The second-order valence-electron chi connectivity index (χ2n) is 5.49. The number of benzene rings is 1. The van der Waals surface area contributed by atoms with Gasteiger partial charge in [-0.3, -0.25) is 14.8 Å². The van der Waals surface area contributed by atoms with Crippen molar-refractivity contribution in [3.8, 4) is 17.3 Å². The number of halogens is 1. The van der Waals surface area contributed by atoms with Crippen LogP contribution in [0.4, 0.5) is 6.01 Å². The highest BCUT2D eigenvalue weighted by Crippen LogP contribution is 2.24. The van der Waals surface area contributed by atoms with Crippen molar-refractivity contribution in [1.82, 2.24) is 20.0 Å². The highest BCUT2D eigenvalue weighted by Gasteiger charge is 2.18. The van der Waals surface area contributed by atoms with E-state index < -0.39 is 5.91 Å². The molecule has 1 N–H and O–H groups in total. The number of nitrogens with zero attached hydrogens (tertiary/aromatic N) is 4. The first-order chi connectivity index (χ1) is 12.0. The number of rotatable bonds is 5. The number of nitrogens with one attached hydrogen (secondary N) is 1. The fourth-order valence-corrected chi connectivity index (χ4v) is 2.31. The van der Waals surface area contributed by atoms with Gasteiger partial charge in [0.15, 0.2) is 0 Å². The molecule has 0 aliphatic carbocycles. The van der Waals surface area contributed by atoms with Gasteiger partial charge >= 0.3 is 6.01 Å². The van der Waals surface area contributed by atoms with Crippen LogP contribution in [0.3, 0.4) is 0 Å². The van der Waals surface area contributed by atoms with Gasteiger partial charge in [-0.1, -0.05) is 16.7 Å². The molecule has 0 bridgehead atoms. The van der Waals surface area contributed by atoms with Gasteiger partial charge in [0, 0.05) is 17.3 Å². The maximum absolute atomic E-state index is 12.4. The minimum Gasteiger partial charge on any atom is -0.496 e. The van der Waals surface area contributed by atoms with Crippen LogP contribution in [-0.4, -0.2) is 33.0 Å². The molecule has 8 nitrogen and oxygen atoms in total. The SMILES string of the molecule is COc1ccc(Cl)cc1C(=O)Nc1nnc(-c2ccn(C(C)C)n2)o1. The molecule has 3 rings (SSSR count). The third-order valence-electron chi connectivity index (χ3n) is 3.41. The molecule has 0 fully saturated rings. The van der Waals surface area contributed by atoms with Crippen LogP contribution in [-0.2, 0) is 0 Å². The maximum atomic E-state index is 12.4. The average molecular weight is 362 g/mol. The van der Waals surface area contributed by atoms with Gasteiger partial charge in [-0.15, -0.1) is 5.10 Å². The lowest BCUT2D eigenvalue weighted by Crippen LogP contribution is -2.13. The van der Waals surface area contributed by atoms with E-state index in [0.29, 0.717) is 16.5 Å². The summed E-state index contributed by atoms with van der Waals surface area (Å²) in [7, 11) is 1.47. The summed E-state index contributed by atoms with van der Waals surface area (Å²) in [6.45, 7) is 4.02. The van der Waals surface area contributed by atoms with Gasteiger partial charge in [-0.05, 0) is 38.1 Å².